The fraction of sp³-hybridized carbons (Fsp3) is 0.292. The first kappa shape index (κ1) is 22.1. The average molecular weight is 462 g/mol. The van der Waals surface area contributed by atoms with E-state index in [-0.39, 0.29) is 24.4 Å². The lowest BCUT2D eigenvalue weighted by Gasteiger charge is -2.30. The third-order valence-corrected chi connectivity index (χ3v) is 6.02. The van der Waals surface area contributed by atoms with Crippen molar-refractivity contribution in [2.45, 2.75) is 24.9 Å². The maximum atomic E-state index is 13.4. The fourth-order valence-corrected chi connectivity index (χ4v) is 4.21. The minimum atomic E-state index is -0.786. The first-order valence-corrected chi connectivity index (χ1v) is 11.0. The number of β-amino-alcohol motifs (C(OH)–C–C–N with tert-alkyl or cyclic N) is 1. The first-order chi connectivity index (χ1) is 16.5. The molecular formula is C24H24FN7O2. The molecule has 0 aliphatic carbocycles. The van der Waals surface area contributed by atoms with E-state index in [9.17, 15) is 14.4 Å². The second-order valence-corrected chi connectivity index (χ2v) is 8.49. The summed E-state index contributed by atoms with van der Waals surface area (Å²) in [5, 5.41) is 19.5. The summed E-state index contributed by atoms with van der Waals surface area (Å²) in [7, 11) is 1.82. The van der Waals surface area contributed by atoms with Crippen molar-refractivity contribution in [3.63, 3.8) is 0 Å². The molecule has 1 N–H and O–H groups in total. The highest BCUT2D eigenvalue weighted by Crippen LogP contribution is 2.28. The summed E-state index contributed by atoms with van der Waals surface area (Å²) in [6.07, 6.45) is 8.61. The largest absolute Gasteiger partial charge is 0.391 e. The molecule has 4 aromatic rings. The average Bonchev–Trinajstić information content (AvgIpc) is 3.27. The normalized spacial score (nSPS) is 18.8. The van der Waals surface area contributed by atoms with Gasteiger partial charge >= 0.3 is 0 Å². The van der Waals surface area contributed by atoms with E-state index in [0.717, 1.165) is 22.4 Å². The summed E-state index contributed by atoms with van der Waals surface area (Å²) in [5.74, 6) is 0.357. The van der Waals surface area contributed by atoms with Gasteiger partial charge in [-0.15, -0.1) is 9.60 Å². The van der Waals surface area contributed by atoms with Crippen molar-refractivity contribution in [1.82, 2.24) is 34.7 Å². The molecule has 0 saturated carbocycles. The molecule has 1 fully saturated rings. The topological polar surface area (TPSA) is 102 Å². The Balaban J connectivity index is 1.36. The minimum absolute atomic E-state index is 0.00945. The minimum Gasteiger partial charge on any atom is -0.391 e. The first-order valence-electron chi connectivity index (χ1n) is 11.0. The molecule has 0 bridgehead atoms. The van der Waals surface area contributed by atoms with Crippen LogP contribution in [0.4, 0.5) is 4.48 Å². The summed E-state index contributed by atoms with van der Waals surface area (Å²) >= 11 is 0. The maximum absolute atomic E-state index is 13.4. The van der Waals surface area contributed by atoms with Gasteiger partial charge in [0, 0.05) is 56.2 Å². The number of aliphatic hydroxyl groups is 1. The molecule has 1 aliphatic rings. The molecular weight excluding hydrogens is 437 g/mol. The number of halogens is 1. The fourth-order valence-electron chi connectivity index (χ4n) is 4.21. The van der Waals surface area contributed by atoms with Crippen molar-refractivity contribution >= 4 is 0 Å². The smallest absolute Gasteiger partial charge is 0.203 e. The Morgan fingerprint density at radius 2 is 2.00 bits per heavy atom. The Bertz CT molecular complexity index is 1350. The van der Waals surface area contributed by atoms with Gasteiger partial charge in [0.05, 0.1) is 25.0 Å². The van der Waals surface area contributed by atoms with Crippen LogP contribution in [-0.2, 0) is 13.5 Å². The lowest BCUT2D eigenvalue weighted by Crippen LogP contribution is -2.38. The molecule has 5 rings (SSSR count). The van der Waals surface area contributed by atoms with Gasteiger partial charge in [0.1, 0.15) is 11.4 Å². The predicted molar refractivity (Wildman–Crippen MR) is 123 cm³/mol. The lowest BCUT2D eigenvalue weighted by molar-refractivity contribution is -0.0567. The third kappa shape index (κ3) is 4.63. The van der Waals surface area contributed by atoms with Crippen LogP contribution in [0.5, 0.6) is 0 Å². The van der Waals surface area contributed by atoms with Crippen LogP contribution in [0.2, 0.25) is 0 Å². The van der Waals surface area contributed by atoms with Crippen LogP contribution in [-0.4, -0.2) is 59.0 Å². The number of hydrogen-bond donors (Lipinski definition) is 1. The van der Waals surface area contributed by atoms with Crippen LogP contribution in [0, 0.1) is 0 Å². The van der Waals surface area contributed by atoms with Crippen molar-refractivity contribution in [2.75, 3.05) is 13.1 Å². The molecule has 4 heterocycles. The van der Waals surface area contributed by atoms with Gasteiger partial charge < -0.3 is 5.11 Å². The molecule has 10 heteroatoms. The van der Waals surface area contributed by atoms with Crippen LogP contribution in [0.15, 0.2) is 66.1 Å². The molecule has 174 valence electrons. The number of hydrogen-bond acceptors (Lipinski definition) is 7. The van der Waals surface area contributed by atoms with Crippen LogP contribution in [0.1, 0.15) is 29.2 Å². The van der Waals surface area contributed by atoms with Gasteiger partial charge in [-0.1, -0.05) is 18.2 Å². The van der Waals surface area contributed by atoms with E-state index in [1.807, 2.05) is 37.5 Å². The number of aryl methyl sites for hydroxylation is 1. The van der Waals surface area contributed by atoms with Gasteiger partial charge in [-0.05, 0) is 23.6 Å². The van der Waals surface area contributed by atoms with Gasteiger partial charge in [0.25, 0.3) is 0 Å². The van der Waals surface area contributed by atoms with Crippen molar-refractivity contribution < 1.29 is 9.59 Å². The standard InChI is InChI=1S/C24H24FN7O2/c1-30-14-19(13-28-30)32-8-6-22(33)21(29-32)10-16-3-2-4-17(9-16)24-26-11-18(12-27-24)20-5-7-31(25)15-23(20)34/h2-4,6,8-9,11-14,20,23,34H,5,7,10,15H2,1H3/t20-,23+/m0/s1. The maximum Gasteiger partial charge on any atom is 0.203 e. The van der Waals surface area contributed by atoms with Crippen molar-refractivity contribution in [3.8, 4) is 17.1 Å². The zero-order valence-electron chi connectivity index (χ0n) is 18.6. The highest BCUT2D eigenvalue weighted by atomic mass is 19.2. The summed E-state index contributed by atoms with van der Waals surface area (Å²) in [6.45, 7) is 0.270. The van der Waals surface area contributed by atoms with E-state index in [4.69, 9.17) is 0 Å². The molecule has 3 aromatic heterocycles. The number of aliphatic hydroxyl groups excluding tert-OH is 1. The van der Waals surface area contributed by atoms with E-state index >= 15 is 0 Å². The Morgan fingerprint density at radius 3 is 2.74 bits per heavy atom. The monoisotopic (exact) mass is 461 g/mol. The van der Waals surface area contributed by atoms with E-state index in [0.29, 0.717) is 29.5 Å². The van der Waals surface area contributed by atoms with E-state index in [2.05, 4.69) is 20.2 Å². The highest BCUT2D eigenvalue weighted by molar-refractivity contribution is 5.56. The van der Waals surface area contributed by atoms with E-state index < -0.39 is 6.10 Å². The Kier molecular flexibility index (Phi) is 5.99. The zero-order chi connectivity index (χ0) is 23.7. The molecule has 0 unspecified atom stereocenters. The number of nitrogens with zero attached hydrogens (tertiary/aromatic N) is 7. The predicted octanol–water partition coefficient (Wildman–Crippen LogP) is 2.05. The molecule has 1 aromatic carbocycles. The zero-order valence-corrected chi connectivity index (χ0v) is 18.6. The van der Waals surface area contributed by atoms with Gasteiger partial charge in [-0.3, -0.25) is 9.48 Å². The van der Waals surface area contributed by atoms with E-state index in [1.165, 1.54) is 6.07 Å². The Morgan fingerprint density at radius 1 is 1.18 bits per heavy atom. The number of rotatable bonds is 5. The quantitative estimate of drug-likeness (QED) is 0.454. The van der Waals surface area contributed by atoms with Crippen LogP contribution in [0.3, 0.4) is 0 Å². The third-order valence-electron chi connectivity index (χ3n) is 6.02. The van der Waals surface area contributed by atoms with Crippen molar-refractivity contribution in [1.29, 1.82) is 0 Å². The molecule has 1 aliphatic heterocycles. The molecule has 0 radical (unpaired) electrons. The summed E-state index contributed by atoms with van der Waals surface area (Å²) < 4.78 is 16.7. The van der Waals surface area contributed by atoms with Gasteiger partial charge in [0.15, 0.2) is 5.82 Å². The summed E-state index contributed by atoms with van der Waals surface area (Å²) in [4.78, 5) is 21.4. The van der Waals surface area contributed by atoms with Crippen LogP contribution < -0.4 is 5.43 Å². The molecule has 0 amide bonds. The molecule has 9 nitrogen and oxygen atoms in total. The highest BCUT2D eigenvalue weighted by Gasteiger charge is 2.29. The van der Waals surface area contributed by atoms with Gasteiger partial charge in [-0.25, -0.2) is 14.6 Å². The lowest BCUT2D eigenvalue weighted by atomic mass is 9.89. The van der Waals surface area contributed by atoms with Crippen LogP contribution in [0.25, 0.3) is 17.1 Å². The summed E-state index contributed by atoms with van der Waals surface area (Å²) in [6, 6.07) is 9.17. The molecule has 2 atom stereocenters. The molecule has 1 saturated heterocycles. The number of aromatic nitrogens is 6. The second-order valence-electron chi connectivity index (χ2n) is 8.49. The van der Waals surface area contributed by atoms with Gasteiger partial charge in [-0.2, -0.15) is 10.2 Å². The molecule has 34 heavy (non-hydrogen) atoms. The van der Waals surface area contributed by atoms with Crippen LogP contribution >= 0.6 is 0 Å². The Hall–Kier alpha value is -3.76. The van der Waals surface area contributed by atoms with E-state index in [1.54, 1.807) is 34.2 Å². The number of benzene rings is 1. The summed E-state index contributed by atoms with van der Waals surface area (Å²) in [5.41, 5.74) is 3.58. The Labute approximate surface area is 195 Å². The second kappa shape index (κ2) is 9.24. The SMILES string of the molecule is Cn1cc(-n2ccc(=O)c(Cc3cccc(-c4ncc([C@@H]5CCN(F)C[C@H]5O)cn4)c3)n2)cn1. The van der Waals surface area contributed by atoms with Gasteiger partial charge in [0.2, 0.25) is 5.43 Å². The molecule has 0 spiro atoms. The van der Waals surface area contributed by atoms with Crippen molar-refractivity contribution in [3.05, 3.63) is 88.4 Å². The van der Waals surface area contributed by atoms with Crippen molar-refractivity contribution in [2.24, 2.45) is 7.05 Å². The number of piperidine rings is 1.